The molecule has 3 N–H and O–H groups in total. The molecule has 5 nitrogen and oxygen atoms in total. The average Bonchev–Trinajstić information content (AvgIpc) is 3.08. The summed E-state index contributed by atoms with van der Waals surface area (Å²) in [6.45, 7) is 0.739. The zero-order valence-corrected chi connectivity index (χ0v) is 13.7. The molecule has 2 aromatic rings. The van der Waals surface area contributed by atoms with Gasteiger partial charge in [-0.05, 0) is 43.7 Å². The Balaban J connectivity index is 1.54. The van der Waals surface area contributed by atoms with E-state index in [1.54, 1.807) is 6.07 Å². The molecule has 126 valence electrons. The van der Waals surface area contributed by atoms with Gasteiger partial charge < -0.3 is 15.6 Å². The number of aromatic amines is 1. The van der Waals surface area contributed by atoms with Crippen LogP contribution in [0.3, 0.4) is 0 Å². The van der Waals surface area contributed by atoms with Gasteiger partial charge in [-0.2, -0.15) is 0 Å². The summed E-state index contributed by atoms with van der Waals surface area (Å²) in [5.41, 5.74) is 0.668. The zero-order valence-electron chi connectivity index (χ0n) is 13.7. The van der Waals surface area contributed by atoms with Crippen molar-refractivity contribution in [2.24, 2.45) is 5.92 Å². The van der Waals surface area contributed by atoms with Gasteiger partial charge in [0.25, 0.3) is 5.91 Å². The van der Waals surface area contributed by atoms with Gasteiger partial charge in [-0.1, -0.05) is 25.0 Å². The van der Waals surface area contributed by atoms with Crippen LogP contribution in [0.25, 0.3) is 10.9 Å². The van der Waals surface area contributed by atoms with Crippen LogP contribution in [-0.2, 0) is 4.79 Å². The smallest absolute Gasteiger partial charge is 0.254 e. The Labute approximate surface area is 141 Å². The summed E-state index contributed by atoms with van der Waals surface area (Å²) in [4.78, 5) is 28.7. The van der Waals surface area contributed by atoms with E-state index >= 15 is 0 Å². The third-order valence-corrected chi connectivity index (χ3v) is 5.32. The molecule has 2 aliphatic rings. The predicted octanol–water partition coefficient (Wildman–Crippen LogP) is 2.74. The highest BCUT2D eigenvalue weighted by Crippen LogP contribution is 2.32. The Bertz CT molecular complexity index is 770. The molecule has 2 fully saturated rings. The van der Waals surface area contributed by atoms with Crippen LogP contribution in [0.4, 0.5) is 0 Å². The molecule has 4 rings (SSSR count). The molecular weight excluding hydrogens is 302 g/mol. The number of nitrogens with one attached hydrogen (secondary N) is 3. The fourth-order valence-corrected chi connectivity index (χ4v) is 3.67. The molecule has 1 aromatic carbocycles. The number of fused-ring (bicyclic) bond motifs is 1. The minimum Gasteiger partial charge on any atom is -0.361 e. The highest BCUT2D eigenvalue weighted by molar-refractivity contribution is 6.07. The molecule has 2 aliphatic carbocycles. The maximum atomic E-state index is 12.9. The first-order valence-corrected chi connectivity index (χ1v) is 8.85. The second kappa shape index (κ2) is 5.96. The van der Waals surface area contributed by atoms with Crippen LogP contribution in [-0.4, -0.2) is 28.9 Å². The van der Waals surface area contributed by atoms with Gasteiger partial charge in [0.2, 0.25) is 5.91 Å². The number of aromatic nitrogens is 1. The molecule has 0 atom stereocenters. The summed E-state index contributed by atoms with van der Waals surface area (Å²) >= 11 is 0. The molecule has 0 saturated heterocycles. The summed E-state index contributed by atoms with van der Waals surface area (Å²) in [6.07, 6.45) is 7.62. The number of carbonyl (C=O) groups is 2. The summed E-state index contributed by atoms with van der Waals surface area (Å²) in [6, 6.07) is 7.59. The van der Waals surface area contributed by atoms with Crippen molar-refractivity contribution in [1.82, 2.24) is 15.6 Å². The first kappa shape index (κ1) is 15.2. The molecule has 1 aromatic heterocycles. The normalized spacial score (nSPS) is 19.3. The van der Waals surface area contributed by atoms with Crippen molar-refractivity contribution in [2.75, 3.05) is 6.54 Å². The third kappa shape index (κ3) is 2.79. The largest absolute Gasteiger partial charge is 0.361 e. The van der Waals surface area contributed by atoms with Crippen molar-refractivity contribution in [3.8, 4) is 0 Å². The lowest BCUT2D eigenvalue weighted by atomic mass is 9.95. The monoisotopic (exact) mass is 325 g/mol. The van der Waals surface area contributed by atoms with Crippen LogP contribution < -0.4 is 10.6 Å². The zero-order chi connectivity index (χ0) is 16.6. The molecule has 0 unspecified atom stereocenters. The SMILES string of the molecule is O=C(NC1(C(=O)NCC2CC2)CCCC1)c1cccc2cc[nH]c12. The fourth-order valence-electron chi connectivity index (χ4n) is 3.67. The van der Waals surface area contributed by atoms with Gasteiger partial charge in [0.15, 0.2) is 0 Å². The van der Waals surface area contributed by atoms with Gasteiger partial charge in [0.1, 0.15) is 5.54 Å². The van der Waals surface area contributed by atoms with Crippen molar-refractivity contribution >= 4 is 22.7 Å². The van der Waals surface area contributed by atoms with Crippen LogP contribution in [0.1, 0.15) is 48.9 Å². The topological polar surface area (TPSA) is 74.0 Å². The standard InChI is InChI=1S/C19H23N3O2/c23-17(15-5-3-4-14-8-11-20-16(14)15)22-19(9-1-2-10-19)18(24)21-12-13-6-7-13/h3-5,8,11,13,20H,1-2,6-7,9-10,12H2,(H,21,24)(H,22,23). The van der Waals surface area contributed by atoms with Gasteiger partial charge in [-0.3, -0.25) is 9.59 Å². The first-order chi connectivity index (χ1) is 11.7. The van der Waals surface area contributed by atoms with Crippen molar-refractivity contribution in [3.05, 3.63) is 36.0 Å². The highest BCUT2D eigenvalue weighted by Gasteiger charge is 2.43. The van der Waals surface area contributed by atoms with E-state index < -0.39 is 5.54 Å². The molecule has 0 radical (unpaired) electrons. The lowest BCUT2D eigenvalue weighted by Crippen LogP contribution is -2.57. The molecule has 24 heavy (non-hydrogen) atoms. The Morgan fingerprint density at radius 1 is 1.17 bits per heavy atom. The van der Waals surface area contributed by atoms with Crippen molar-refractivity contribution in [3.63, 3.8) is 0 Å². The minimum atomic E-state index is -0.749. The molecule has 0 spiro atoms. The first-order valence-electron chi connectivity index (χ1n) is 8.85. The molecule has 0 bridgehead atoms. The quantitative estimate of drug-likeness (QED) is 0.791. The molecule has 1 heterocycles. The van der Waals surface area contributed by atoms with Gasteiger partial charge in [0.05, 0.1) is 11.1 Å². The number of rotatable bonds is 5. The number of hydrogen-bond acceptors (Lipinski definition) is 2. The van der Waals surface area contributed by atoms with Crippen molar-refractivity contribution in [2.45, 2.75) is 44.1 Å². The average molecular weight is 325 g/mol. The van der Waals surface area contributed by atoms with E-state index in [-0.39, 0.29) is 11.8 Å². The third-order valence-electron chi connectivity index (χ3n) is 5.32. The minimum absolute atomic E-state index is 0.0149. The molecular formula is C19H23N3O2. The number of carbonyl (C=O) groups excluding carboxylic acids is 2. The summed E-state index contributed by atoms with van der Waals surface area (Å²) in [5, 5.41) is 7.12. The van der Waals surface area contributed by atoms with E-state index in [1.807, 2.05) is 24.4 Å². The van der Waals surface area contributed by atoms with E-state index in [0.717, 1.165) is 43.1 Å². The number of amides is 2. The number of para-hydroxylation sites is 1. The molecule has 0 aliphatic heterocycles. The Morgan fingerprint density at radius 3 is 2.71 bits per heavy atom. The summed E-state index contributed by atoms with van der Waals surface area (Å²) in [5.74, 6) is 0.446. The van der Waals surface area contributed by atoms with Crippen LogP contribution in [0.2, 0.25) is 0 Å². The van der Waals surface area contributed by atoms with Crippen LogP contribution in [0, 0.1) is 5.92 Å². The number of benzene rings is 1. The van der Waals surface area contributed by atoms with Crippen LogP contribution >= 0.6 is 0 Å². The second-order valence-electron chi connectivity index (χ2n) is 7.14. The van der Waals surface area contributed by atoms with Crippen LogP contribution in [0.15, 0.2) is 30.5 Å². The Kier molecular flexibility index (Phi) is 3.79. The van der Waals surface area contributed by atoms with E-state index in [1.165, 1.54) is 12.8 Å². The van der Waals surface area contributed by atoms with Gasteiger partial charge in [-0.25, -0.2) is 0 Å². The Morgan fingerprint density at radius 2 is 1.96 bits per heavy atom. The van der Waals surface area contributed by atoms with E-state index in [4.69, 9.17) is 0 Å². The maximum absolute atomic E-state index is 12.9. The molecule has 2 amide bonds. The van der Waals surface area contributed by atoms with Crippen molar-refractivity contribution in [1.29, 1.82) is 0 Å². The predicted molar refractivity (Wildman–Crippen MR) is 92.7 cm³/mol. The molecule has 2 saturated carbocycles. The van der Waals surface area contributed by atoms with Crippen molar-refractivity contribution < 1.29 is 9.59 Å². The molecule has 5 heteroatoms. The lowest BCUT2D eigenvalue weighted by Gasteiger charge is -2.29. The van der Waals surface area contributed by atoms with Crippen LogP contribution in [0.5, 0.6) is 0 Å². The van der Waals surface area contributed by atoms with E-state index in [9.17, 15) is 9.59 Å². The van der Waals surface area contributed by atoms with Gasteiger partial charge in [0, 0.05) is 18.1 Å². The van der Waals surface area contributed by atoms with Gasteiger partial charge in [-0.15, -0.1) is 0 Å². The number of H-pyrrole nitrogens is 1. The second-order valence-corrected chi connectivity index (χ2v) is 7.14. The lowest BCUT2D eigenvalue weighted by molar-refractivity contribution is -0.127. The maximum Gasteiger partial charge on any atom is 0.254 e. The number of hydrogen-bond donors (Lipinski definition) is 3. The van der Waals surface area contributed by atoms with Gasteiger partial charge >= 0.3 is 0 Å². The summed E-state index contributed by atoms with van der Waals surface area (Å²) in [7, 11) is 0. The fraction of sp³-hybridized carbons (Fsp3) is 0.474. The Hall–Kier alpha value is -2.30. The highest BCUT2D eigenvalue weighted by atomic mass is 16.2. The van der Waals surface area contributed by atoms with E-state index in [2.05, 4.69) is 15.6 Å². The van der Waals surface area contributed by atoms with E-state index in [0.29, 0.717) is 11.5 Å². The summed E-state index contributed by atoms with van der Waals surface area (Å²) < 4.78 is 0.